The maximum absolute atomic E-state index is 8.77. The zero-order valence-electron chi connectivity index (χ0n) is 11.8. The highest BCUT2D eigenvalue weighted by molar-refractivity contribution is 7.99. The SMILES string of the molecule is CCCn1c(Sc2ccc(C#N)nn2)nc2cc(Cl)ccc21. The molecule has 0 fully saturated rings. The minimum atomic E-state index is 0.304. The van der Waals surface area contributed by atoms with Gasteiger partial charge in [0.25, 0.3) is 0 Å². The Labute approximate surface area is 136 Å². The van der Waals surface area contributed by atoms with E-state index in [1.807, 2.05) is 24.3 Å². The third kappa shape index (κ3) is 2.91. The molecular formula is C15H12ClN5S. The lowest BCUT2D eigenvalue weighted by Crippen LogP contribution is -1.99. The van der Waals surface area contributed by atoms with E-state index in [0.717, 1.165) is 29.2 Å². The van der Waals surface area contributed by atoms with Gasteiger partial charge in [0.15, 0.2) is 10.9 Å². The standard InChI is InChI=1S/C15H12ClN5S/c1-2-7-21-13-5-3-10(16)8-12(13)18-15(21)22-14-6-4-11(9-17)19-20-14/h3-6,8H,2,7H2,1H3. The molecule has 7 heteroatoms. The summed E-state index contributed by atoms with van der Waals surface area (Å²) in [7, 11) is 0. The molecule has 2 heterocycles. The monoisotopic (exact) mass is 329 g/mol. The van der Waals surface area contributed by atoms with E-state index in [2.05, 4.69) is 26.7 Å². The Bertz CT molecular complexity index is 851. The third-order valence-corrected chi connectivity index (χ3v) is 4.23. The number of imidazole rings is 1. The average molecular weight is 330 g/mol. The second kappa shape index (κ2) is 6.34. The van der Waals surface area contributed by atoms with Crippen molar-refractivity contribution in [2.24, 2.45) is 0 Å². The number of nitrogens with zero attached hydrogens (tertiary/aromatic N) is 5. The molecule has 0 bridgehead atoms. The summed E-state index contributed by atoms with van der Waals surface area (Å²) in [6.07, 6.45) is 1.00. The van der Waals surface area contributed by atoms with Gasteiger partial charge < -0.3 is 4.57 Å². The van der Waals surface area contributed by atoms with E-state index in [-0.39, 0.29) is 0 Å². The predicted octanol–water partition coefficient (Wildman–Crippen LogP) is 3.91. The number of rotatable bonds is 4. The molecule has 0 unspecified atom stereocenters. The molecule has 0 aliphatic heterocycles. The van der Waals surface area contributed by atoms with Crippen molar-refractivity contribution < 1.29 is 0 Å². The number of hydrogen-bond acceptors (Lipinski definition) is 5. The summed E-state index contributed by atoms with van der Waals surface area (Å²) in [4.78, 5) is 4.64. The molecule has 0 N–H and O–H groups in total. The molecule has 0 aliphatic carbocycles. The highest BCUT2D eigenvalue weighted by Gasteiger charge is 2.13. The lowest BCUT2D eigenvalue weighted by atomic mass is 10.3. The van der Waals surface area contributed by atoms with Crippen LogP contribution < -0.4 is 0 Å². The van der Waals surface area contributed by atoms with E-state index < -0.39 is 0 Å². The summed E-state index contributed by atoms with van der Waals surface area (Å²) in [5.41, 5.74) is 2.22. The minimum Gasteiger partial charge on any atom is -0.319 e. The van der Waals surface area contributed by atoms with Gasteiger partial charge in [-0.1, -0.05) is 18.5 Å². The summed E-state index contributed by atoms with van der Waals surface area (Å²) >= 11 is 7.47. The van der Waals surface area contributed by atoms with Gasteiger partial charge in [0.05, 0.1) is 11.0 Å². The zero-order chi connectivity index (χ0) is 15.5. The van der Waals surface area contributed by atoms with Gasteiger partial charge in [-0.3, -0.25) is 0 Å². The van der Waals surface area contributed by atoms with Crippen LogP contribution in [0.5, 0.6) is 0 Å². The van der Waals surface area contributed by atoms with Crippen molar-refractivity contribution in [3.05, 3.63) is 41.0 Å². The van der Waals surface area contributed by atoms with Gasteiger partial charge in [0, 0.05) is 11.6 Å². The molecule has 110 valence electrons. The first kappa shape index (κ1) is 14.8. The van der Waals surface area contributed by atoms with Gasteiger partial charge in [-0.05, 0) is 48.5 Å². The van der Waals surface area contributed by atoms with Crippen LogP contribution in [0.1, 0.15) is 19.0 Å². The first-order chi connectivity index (χ1) is 10.7. The Morgan fingerprint density at radius 3 is 2.82 bits per heavy atom. The summed E-state index contributed by atoms with van der Waals surface area (Å²) in [5, 5.41) is 18.9. The Kier molecular flexibility index (Phi) is 4.27. The smallest absolute Gasteiger partial charge is 0.175 e. The molecule has 0 spiro atoms. The maximum atomic E-state index is 8.77. The van der Waals surface area contributed by atoms with Crippen LogP contribution in [0.15, 0.2) is 40.5 Å². The van der Waals surface area contributed by atoms with Gasteiger partial charge in [0.1, 0.15) is 11.1 Å². The van der Waals surface area contributed by atoms with Gasteiger partial charge >= 0.3 is 0 Å². The average Bonchev–Trinajstić information content (AvgIpc) is 2.85. The maximum Gasteiger partial charge on any atom is 0.175 e. The van der Waals surface area contributed by atoms with Crippen LogP contribution in [0.3, 0.4) is 0 Å². The fourth-order valence-corrected chi connectivity index (χ4v) is 3.14. The molecular weight excluding hydrogens is 318 g/mol. The Balaban J connectivity index is 2.01. The Hall–Kier alpha value is -2.10. The molecule has 0 amide bonds. The molecule has 0 saturated carbocycles. The number of fused-ring (bicyclic) bond motifs is 1. The fourth-order valence-electron chi connectivity index (χ4n) is 2.13. The fraction of sp³-hybridized carbons (Fsp3) is 0.200. The number of aryl methyl sites for hydroxylation is 1. The lowest BCUT2D eigenvalue weighted by Gasteiger charge is -2.06. The van der Waals surface area contributed by atoms with Crippen molar-refractivity contribution >= 4 is 34.4 Å². The van der Waals surface area contributed by atoms with E-state index in [9.17, 15) is 0 Å². The molecule has 3 rings (SSSR count). The second-order valence-electron chi connectivity index (χ2n) is 4.65. The number of hydrogen-bond donors (Lipinski definition) is 0. The molecule has 5 nitrogen and oxygen atoms in total. The minimum absolute atomic E-state index is 0.304. The van der Waals surface area contributed by atoms with Crippen molar-refractivity contribution in [3.8, 4) is 6.07 Å². The molecule has 22 heavy (non-hydrogen) atoms. The van der Waals surface area contributed by atoms with Crippen LogP contribution in [-0.2, 0) is 6.54 Å². The number of aromatic nitrogens is 4. The van der Waals surface area contributed by atoms with Crippen molar-refractivity contribution in [2.75, 3.05) is 0 Å². The van der Waals surface area contributed by atoms with Crippen molar-refractivity contribution in [1.82, 2.24) is 19.7 Å². The molecule has 2 aromatic heterocycles. The Morgan fingerprint density at radius 1 is 1.27 bits per heavy atom. The largest absolute Gasteiger partial charge is 0.319 e. The third-order valence-electron chi connectivity index (χ3n) is 3.07. The summed E-state index contributed by atoms with van der Waals surface area (Å²) in [6, 6.07) is 11.1. The second-order valence-corrected chi connectivity index (χ2v) is 6.07. The molecule has 0 saturated heterocycles. The highest BCUT2D eigenvalue weighted by Crippen LogP contribution is 2.30. The van der Waals surface area contributed by atoms with Crippen LogP contribution >= 0.6 is 23.4 Å². The van der Waals surface area contributed by atoms with Crippen LogP contribution in [0.4, 0.5) is 0 Å². The zero-order valence-corrected chi connectivity index (χ0v) is 13.4. The molecule has 0 radical (unpaired) electrons. The number of nitriles is 1. The van der Waals surface area contributed by atoms with Gasteiger partial charge in [0.2, 0.25) is 0 Å². The van der Waals surface area contributed by atoms with E-state index in [0.29, 0.717) is 15.7 Å². The van der Waals surface area contributed by atoms with E-state index in [1.54, 1.807) is 12.1 Å². The molecule has 0 aliphatic rings. The summed E-state index contributed by atoms with van der Waals surface area (Å²) < 4.78 is 2.15. The van der Waals surface area contributed by atoms with Crippen molar-refractivity contribution in [1.29, 1.82) is 5.26 Å². The van der Waals surface area contributed by atoms with Crippen LogP contribution in [0.2, 0.25) is 5.02 Å². The molecule has 1 aromatic carbocycles. The first-order valence-corrected chi connectivity index (χ1v) is 7.98. The van der Waals surface area contributed by atoms with Gasteiger partial charge in [-0.15, -0.1) is 10.2 Å². The lowest BCUT2D eigenvalue weighted by molar-refractivity contribution is 0.638. The van der Waals surface area contributed by atoms with E-state index >= 15 is 0 Å². The number of benzene rings is 1. The van der Waals surface area contributed by atoms with Gasteiger partial charge in [-0.25, -0.2) is 4.98 Å². The van der Waals surface area contributed by atoms with E-state index in [4.69, 9.17) is 16.9 Å². The van der Waals surface area contributed by atoms with Crippen molar-refractivity contribution in [2.45, 2.75) is 30.1 Å². The Morgan fingerprint density at radius 2 is 2.14 bits per heavy atom. The van der Waals surface area contributed by atoms with Crippen molar-refractivity contribution in [3.63, 3.8) is 0 Å². The predicted molar refractivity (Wildman–Crippen MR) is 85.9 cm³/mol. The summed E-state index contributed by atoms with van der Waals surface area (Å²) in [5.74, 6) is 0. The summed E-state index contributed by atoms with van der Waals surface area (Å²) in [6.45, 7) is 2.99. The van der Waals surface area contributed by atoms with Gasteiger partial charge in [-0.2, -0.15) is 5.26 Å². The number of halogens is 1. The highest BCUT2D eigenvalue weighted by atomic mass is 35.5. The first-order valence-electron chi connectivity index (χ1n) is 6.78. The topological polar surface area (TPSA) is 67.4 Å². The molecule has 0 atom stereocenters. The quantitative estimate of drug-likeness (QED) is 0.725. The normalized spacial score (nSPS) is 10.8. The molecule has 3 aromatic rings. The van der Waals surface area contributed by atoms with Crippen LogP contribution in [-0.4, -0.2) is 19.7 Å². The van der Waals surface area contributed by atoms with E-state index in [1.165, 1.54) is 11.8 Å². The van der Waals surface area contributed by atoms with Crippen LogP contribution in [0, 0.1) is 11.3 Å². The van der Waals surface area contributed by atoms with Crippen LogP contribution in [0.25, 0.3) is 11.0 Å².